The van der Waals surface area contributed by atoms with Crippen LogP contribution in [0.2, 0.25) is 0 Å². The molecule has 1 aliphatic rings. The number of hydrogen-bond donors (Lipinski definition) is 2. The molecular formula is C31H39F2N5O2. The number of ether oxygens (including phenoxy) is 1. The van der Waals surface area contributed by atoms with Crippen molar-refractivity contribution in [1.82, 2.24) is 9.88 Å². The van der Waals surface area contributed by atoms with Gasteiger partial charge >= 0.3 is 0 Å². The minimum absolute atomic E-state index is 0.00245. The summed E-state index contributed by atoms with van der Waals surface area (Å²) in [5.41, 5.74) is 12.3. The third kappa shape index (κ3) is 5.66. The van der Waals surface area contributed by atoms with Gasteiger partial charge in [-0.15, -0.1) is 0 Å². The monoisotopic (exact) mass is 551 g/mol. The Hall–Kier alpha value is -3.59. The molecule has 0 amide bonds. The number of hydrogen-bond acceptors (Lipinski definition) is 6. The van der Waals surface area contributed by atoms with Crippen LogP contribution in [0.1, 0.15) is 51.7 Å². The zero-order valence-electron chi connectivity index (χ0n) is 24.2. The Morgan fingerprint density at radius 2 is 2.00 bits per heavy atom. The first-order chi connectivity index (χ1) is 19.0. The maximum atomic E-state index is 15.3. The first-order valence-electron chi connectivity index (χ1n) is 13.7. The highest BCUT2D eigenvalue weighted by Gasteiger charge is 2.30. The molecule has 1 atom stereocenters. The van der Waals surface area contributed by atoms with Crippen molar-refractivity contribution in [2.24, 2.45) is 21.3 Å². The lowest BCUT2D eigenvalue weighted by Crippen LogP contribution is -2.32. The van der Waals surface area contributed by atoms with Crippen molar-refractivity contribution in [2.45, 2.75) is 66.1 Å². The fourth-order valence-corrected chi connectivity index (χ4v) is 5.57. The van der Waals surface area contributed by atoms with Crippen LogP contribution in [0.25, 0.3) is 22.0 Å². The van der Waals surface area contributed by atoms with E-state index in [4.69, 9.17) is 10.5 Å². The van der Waals surface area contributed by atoms with E-state index in [2.05, 4.69) is 32.3 Å². The van der Waals surface area contributed by atoms with E-state index in [0.717, 1.165) is 42.0 Å². The number of rotatable bonds is 10. The maximum Gasteiger partial charge on any atom is 0.201 e. The third-order valence-corrected chi connectivity index (χ3v) is 7.65. The molecular weight excluding hydrogens is 512 g/mol. The van der Waals surface area contributed by atoms with Gasteiger partial charge in [-0.25, -0.2) is 4.39 Å². The van der Waals surface area contributed by atoms with Crippen molar-refractivity contribution in [3.05, 3.63) is 69.4 Å². The quantitative estimate of drug-likeness (QED) is 0.222. The molecule has 1 aliphatic heterocycles. The molecule has 1 unspecified atom stereocenters. The van der Waals surface area contributed by atoms with Crippen molar-refractivity contribution in [1.29, 1.82) is 0 Å². The average Bonchev–Trinajstić information content (AvgIpc) is 3.26. The van der Waals surface area contributed by atoms with Crippen molar-refractivity contribution in [2.75, 3.05) is 20.7 Å². The second kappa shape index (κ2) is 11.9. The van der Waals surface area contributed by atoms with Crippen molar-refractivity contribution in [3.63, 3.8) is 0 Å². The SMILES string of the molecule is CN=C(C)/C(CCOc1c(-c2cc3c4c(c2)c(CNC)cn4CCC3)ccc(F)c1F)=C(\N)C(N=O)C(C)(C)C. The molecule has 0 fully saturated rings. The van der Waals surface area contributed by atoms with Gasteiger partial charge in [0.25, 0.3) is 0 Å². The van der Waals surface area contributed by atoms with Crippen LogP contribution in [-0.4, -0.2) is 37.0 Å². The van der Waals surface area contributed by atoms with Crippen LogP contribution in [0.15, 0.2) is 51.9 Å². The zero-order valence-corrected chi connectivity index (χ0v) is 24.2. The van der Waals surface area contributed by atoms with Crippen LogP contribution in [0.3, 0.4) is 0 Å². The fourth-order valence-electron chi connectivity index (χ4n) is 5.57. The van der Waals surface area contributed by atoms with Gasteiger partial charge in [-0.1, -0.05) is 25.9 Å². The third-order valence-electron chi connectivity index (χ3n) is 7.65. The summed E-state index contributed by atoms with van der Waals surface area (Å²) in [6.45, 7) is 9.10. The Kier molecular flexibility index (Phi) is 8.73. The van der Waals surface area contributed by atoms with Crippen molar-refractivity contribution >= 4 is 16.6 Å². The predicted molar refractivity (Wildman–Crippen MR) is 158 cm³/mol. The topological polar surface area (TPSA) is 94.0 Å². The lowest BCUT2D eigenvalue weighted by molar-refractivity contribution is 0.299. The molecule has 0 aliphatic carbocycles. The summed E-state index contributed by atoms with van der Waals surface area (Å²) >= 11 is 0. The molecule has 2 aromatic carbocycles. The first-order valence-corrected chi connectivity index (χ1v) is 13.7. The summed E-state index contributed by atoms with van der Waals surface area (Å²) < 4.78 is 38.0. The molecule has 214 valence electrons. The number of nitroso groups, excluding NO2 is 1. The van der Waals surface area contributed by atoms with E-state index >= 15 is 4.39 Å². The lowest BCUT2D eigenvalue weighted by Gasteiger charge is -2.27. The molecule has 1 aromatic heterocycles. The Morgan fingerprint density at radius 3 is 2.65 bits per heavy atom. The van der Waals surface area contributed by atoms with Gasteiger partial charge in [0.15, 0.2) is 11.6 Å². The molecule has 9 heteroatoms. The number of nitrogens with one attached hydrogen (secondary N) is 1. The molecule has 0 saturated heterocycles. The zero-order chi connectivity index (χ0) is 29.2. The van der Waals surface area contributed by atoms with E-state index in [-0.39, 0.29) is 18.8 Å². The van der Waals surface area contributed by atoms with E-state index in [9.17, 15) is 9.30 Å². The molecule has 3 aromatic rings. The predicted octanol–water partition coefficient (Wildman–Crippen LogP) is 6.51. The highest BCUT2D eigenvalue weighted by molar-refractivity contribution is 5.99. The van der Waals surface area contributed by atoms with Crippen LogP contribution < -0.4 is 15.8 Å². The van der Waals surface area contributed by atoms with Crippen LogP contribution >= 0.6 is 0 Å². The number of aliphatic imine (C=N–C) groups is 1. The standard InChI is InChI=1S/C31H39F2N5O2/c1-18(36-6)22(27(34)30(37-39)31(2,3)4)11-13-40-29-23(9-10-25(32)26(29)33)20-14-19-8-7-12-38-17-21(16-35-5)24(15-20)28(19)38/h9-10,14-15,17,30,35H,7-8,11-13,16,34H2,1-6H3/b27-22-,36-18?. The minimum atomic E-state index is -1.04. The van der Waals surface area contributed by atoms with Gasteiger partial charge < -0.3 is 20.4 Å². The first kappa shape index (κ1) is 29.4. The number of nitrogens with zero attached hydrogens (tertiary/aromatic N) is 3. The Balaban J connectivity index is 1.73. The van der Waals surface area contributed by atoms with Crippen molar-refractivity contribution < 1.29 is 13.5 Å². The summed E-state index contributed by atoms with van der Waals surface area (Å²) in [4.78, 5) is 15.9. The summed E-state index contributed by atoms with van der Waals surface area (Å²) in [7, 11) is 3.54. The van der Waals surface area contributed by atoms with Gasteiger partial charge in [0.2, 0.25) is 5.82 Å². The highest BCUT2D eigenvalue weighted by Crippen LogP contribution is 2.39. The number of halogens is 2. The summed E-state index contributed by atoms with van der Waals surface area (Å²) in [5, 5.41) is 7.59. The average molecular weight is 552 g/mol. The molecule has 4 rings (SSSR count). The molecule has 7 nitrogen and oxygen atoms in total. The Labute approximate surface area is 234 Å². The Morgan fingerprint density at radius 1 is 1.25 bits per heavy atom. The van der Waals surface area contributed by atoms with E-state index in [1.165, 1.54) is 11.1 Å². The molecule has 0 radical (unpaired) electrons. The van der Waals surface area contributed by atoms with Crippen molar-refractivity contribution in [3.8, 4) is 16.9 Å². The molecule has 3 N–H and O–H groups in total. The summed E-state index contributed by atoms with van der Waals surface area (Å²) in [6, 6.07) is 6.02. The molecule has 2 heterocycles. The van der Waals surface area contributed by atoms with Gasteiger partial charge in [-0.2, -0.15) is 9.30 Å². The van der Waals surface area contributed by atoms with E-state index in [1.54, 1.807) is 20.0 Å². The number of nitrogens with two attached hydrogens (primary N) is 1. The second-order valence-corrected chi connectivity index (χ2v) is 11.5. The van der Waals surface area contributed by atoms with E-state index in [0.29, 0.717) is 29.1 Å². The van der Waals surface area contributed by atoms with E-state index in [1.807, 2.05) is 33.9 Å². The lowest BCUT2D eigenvalue weighted by atomic mass is 9.83. The Bertz CT molecular complexity index is 1480. The van der Waals surface area contributed by atoms with Crippen LogP contribution in [0.5, 0.6) is 5.75 Å². The highest BCUT2D eigenvalue weighted by atomic mass is 19.2. The van der Waals surface area contributed by atoms with Gasteiger partial charge in [-0.05, 0) is 78.8 Å². The van der Waals surface area contributed by atoms with Gasteiger partial charge in [0.05, 0.1) is 12.1 Å². The van der Waals surface area contributed by atoms with Gasteiger partial charge in [-0.3, -0.25) is 4.99 Å². The van der Waals surface area contributed by atoms with Crippen LogP contribution in [0, 0.1) is 22.0 Å². The molecule has 0 spiro atoms. The molecule has 40 heavy (non-hydrogen) atoms. The summed E-state index contributed by atoms with van der Waals surface area (Å²) in [6.07, 6.45) is 4.34. The van der Waals surface area contributed by atoms with Gasteiger partial charge in [0, 0.05) is 55.1 Å². The second-order valence-electron chi connectivity index (χ2n) is 11.5. The normalized spacial score (nSPS) is 15.2. The number of aromatic nitrogens is 1. The fraction of sp³-hybridized carbons (Fsp3) is 0.452. The minimum Gasteiger partial charge on any atom is -0.489 e. The number of aryl methyl sites for hydroxylation is 2. The molecule has 0 saturated carbocycles. The van der Waals surface area contributed by atoms with E-state index < -0.39 is 23.1 Å². The largest absolute Gasteiger partial charge is 0.489 e. The van der Waals surface area contributed by atoms with Crippen LogP contribution in [0.4, 0.5) is 8.78 Å². The smallest absolute Gasteiger partial charge is 0.201 e. The maximum absolute atomic E-state index is 15.3. The van der Waals surface area contributed by atoms with Gasteiger partial charge in [0.1, 0.15) is 6.04 Å². The summed E-state index contributed by atoms with van der Waals surface area (Å²) in [5.74, 6) is -2.18. The van der Waals surface area contributed by atoms with Crippen LogP contribution in [-0.2, 0) is 19.5 Å². The molecule has 0 bridgehead atoms. The number of benzene rings is 2.